The zero-order valence-corrected chi connectivity index (χ0v) is 10.4. The fourth-order valence-corrected chi connectivity index (χ4v) is 2.16. The average Bonchev–Trinajstić information content (AvgIpc) is 2.63. The van der Waals surface area contributed by atoms with Crippen LogP contribution in [0.4, 0.5) is 13.2 Å². The number of ketones is 1. The van der Waals surface area contributed by atoms with Gasteiger partial charge < -0.3 is 4.90 Å². The van der Waals surface area contributed by atoms with Gasteiger partial charge in [0.05, 0.1) is 10.4 Å². The second kappa shape index (κ2) is 4.91. The molecule has 0 aliphatic carbocycles. The number of rotatable bonds is 3. The smallest absolute Gasteiger partial charge is 0.383 e. The zero-order chi connectivity index (χ0) is 13.2. The van der Waals surface area contributed by atoms with Gasteiger partial charge in [0.2, 0.25) is 0 Å². The summed E-state index contributed by atoms with van der Waals surface area (Å²) < 4.78 is 37.0. The lowest BCUT2D eigenvalue weighted by Crippen LogP contribution is -2.07. The molecular weight excluding hydrogens is 251 g/mol. The maximum absolute atomic E-state index is 12.3. The van der Waals surface area contributed by atoms with Crippen molar-refractivity contribution in [2.45, 2.75) is 13.1 Å². The molecule has 1 rings (SSSR count). The van der Waals surface area contributed by atoms with E-state index in [0.717, 1.165) is 22.8 Å². The highest BCUT2D eigenvalue weighted by Gasteiger charge is 2.32. The maximum Gasteiger partial charge on any atom is 0.417 e. The van der Waals surface area contributed by atoms with E-state index < -0.39 is 11.7 Å². The molecule has 0 unspecified atom stereocenters. The summed E-state index contributed by atoms with van der Waals surface area (Å²) in [5.74, 6) is -0.376. The first-order valence-electron chi connectivity index (χ1n) is 4.77. The SMILES string of the molecule is CC(=CN(C)C)C(=O)c1cc(C(F)(F)F)cs1. The van der Waals surface area contributed by atoms with Gasteiger partial charge in [0.25, 0.3) is 0 Å². The van der Waals surface area contributed by atoms with Gasteiger partial charge in [0.15, 0.2) is 5.78 Å². The summed E-state index contributed by atoms with van der Waals surface area (Å²) in [5, 5.41) is 0.955. The van der Waals surface area contributed by atoms with Crippen LogP contribution in [0.2, 0.25) is 0 Å². The number of Topliss-reactive ketones (excluding diaryl/α,β-unsaturated/α-hetero) is 1. The maximum atomic E-state index is 12.3. The predicted octanol–water partition coefficient (Wildman–Crippen LogP) is 3.42. The molecule has 0 aliphatic rings. The highest BCUT2D eigenvalue weighted by molar-refractivity contribution is 7.12. The Hall–Kier alpha value is -1.30. The minimum absolute atomic E-state index is 0.105. The van der Waals surface area contributed by atoms with Gasteiger partial charge in [0, 0.05) is 31.2 Å². The van der Waals surface area contributed by atoms with E-state index >= 15 is 0 Å². The molecule has 17 heavy (non-hydrogen) atoms. The molecule has 0 aliphatic heterocycles. The fourth-order valence-electron chi connectivity index (χ4n) is 1.24. The van der Waals surface area contributed by atoms with Crippen molar-refractivity contribution in [3.8, 4) is 0 Å². The summed E-state index contributed by atoms with van der Waals surface area (Å²) in [6.07, 6.45) is -2.82. The lowest BCUT2D eigenvalue weighted by molar-refractivity contribution is -0.137. The molecule has 1 aromatic rings. The predicted molar refractivity (Wildman–Crippen MR) is 61.1 cm³/mol. The Morgan fingerprint density at radius 2 is 2.00 bits per heavy atom. The molecule has 0 fully saturated rings. The first-order valence-corrected chi connectivity index (χ1v) is 5.65. The summed E-state index contributed by atoms with van der Waals surface area (Å²) in [6.45, 7) is 1.58. The van der Waals surface area contributed by atoms with Crippen LogP contribution in [0.5, 0.6) is 0 Å². The van der Waals surface area contributed by atoms with Gasteiger partial charge in [-0.2, -0.15) is 13.2 Å². The highest BCUT2D eigenvalue weighted by atomic mass is 32.1. The molecule has 0 atom stereocenters. The van der Waals surface area contributed by atoms with Crippen molar-refractivity contribution in [1.82, 2.24) is 4.90 Å². The van der Waals surface area contributed by atoms with Gasteiger partial charge in [-0.15, -0.1) is 11.3 Å². The van der Waals surface area contributed by atoms with Crippen molar-refractivity contribution in [2.75, 3.05) is 14.1 Å². The Balaban J connectivity index is 2.95. The second-order valence-corrected chi connectivity index (χ2v) is 4.71. The van der Waals surface area contributed by atoms with Crippen LogP contribution in [0.15, 0.2) is 23.2 Å². The molecule has 0 saturated carbocycles. The van der Waals surface area contributed by atoms with Crippen molar-refractivity contribution < 1.29 is 18.0 Å². The Bertz CT molecular complexity index is 446. The molecule has 1 aromatic heterocycles. The number of alkyl halides is 3. The van der Waals surface area contributed by atoms with Crippen LogP contribution >= 0.6 is 11.3 Å². The number of halogens is 3. The Labute approximate surface area is 101 Å². The number of hydrogen-bond donors (Lipinski definition) is 0. The molecule has 2 nitrogen and oxygen atoms in total. The first kappa shape index (κ1) is 13.8. The van der Waals surface area contributed by atoms with E-state index in [9.17, 15) is 18.0 Å². The van der Waals surface area contributed by atoms with E-state index in [1.54, 1.807) is 32.1 Å². The topological polar surface area (TPSA) is 20.3 Å². The largest absolute Gasteiger partial charge is 0.417 e. The van der Waals surface area contributed by atoms with Gasteiger partial charge >= 0.3 is 6.18 Å². The third kappa shape index (κ3) is 3.59. The van der Waals surface area contributed by atoms with Crippen LogP contribution in [0.1, 0.15) is 22.2 Å². The molecule has 94 valence electrons. The minimum atomic E-state index is -4.39. The summed E-state index contributed by atoms with van der Waals surface area (Å²) >= 11 is 0.811. The number of carbonyl (C=O) groups is 1. The highest BCUT2D eigenvalue weighted by Crippen LogP contribution is 2.33. The lowest BCUT2D eigenvalue weighted by Gasteiger charge is -2.06. The average molecular weight is 263 g/mol. The molecular formula is C11H12F3NOS. The molecule has 0 aromatic carbocycles. The molecule has 0 amide bonds. The Morgan fingerprint density at radius 1 is 1.41 bits per heavy atom. The molecule has 0 bridgehead atoms. The van der Waals surface area contributed by atoms with Crippen LogP contribution < -0.4 is 0 Å². The van der Waals surface area contributed by atoms with E-state index in [-0.39, 0.29) is 10.7 Å². The van der Waals surface area contributed by atoms with E-state index in [4.69, 9.17) is 0 Å². The number of thiophene rings is 1. The van der Waals surface area contributed by atoms with E-state index in [0.29, 0.717) is 5.57 Å². The van der Waals surface area contributed by atoms with Crippen LogP contribution in [0.25, 0.3) is 0 Å². The zero-order valence-electron chi connectivity index (χ0n) is 9.63. The van der Waals surface area contributed by atoms with Gasteiger partial charge in [-0.1, -0.05) is 0 Å². The number of carbonyl (C=O) groups excluding carboxylic acids is 1. The monoisotopic (exact) mass is 263 g/mol. The third-order valence-corrected chi connectivity index (χ3v) is 2.89. The molecule has 1 heterocycles. The Morgan fingerprint density at radius 3 is 2.41 bits per heavy atom. The van der Waals surface area contributed by atoms with Crippen LogP contribution in [-0.2, 0) is 6.18 Å². The summed E-state index contributed by atoms with van der Waals surface area (Å²) in [5.41, 5.74) is -0.367. The van der Waals surface area contributed by atoms with Crippen molar-refractivity contribution >= 4 is 17.1 Å². The lowest BCUT2D eigenvalue weighted by atomic mass is 10.1. The van der Waals surface area contributed by atoms with Crippen LogP contribution in [0.3, 0.4) is 0 Å². The van der Waals surface area contributed by atoms with Gasteiger partial charge in [0.1, 0.15) is 0 Å². The summed E-state index contributed by atoms with van der Waals surface area (Å²) in [7, 11) is 3.48. The summed E-state index contributed by atoms with van der Waals surface area (Å²) in [4.78, 5) is 13.5. The molecule has 0 saturated heterocycles. The number of nitrogens with zero attached hydrogens (tertiary/aromatic N) is 1. The van der Waals surface area contributed by atoms with Gasteiger partial charge in [-0.25, -0.2) is 0 Å². The van der Waals surface area contributed by atoms with Crippen molar-refractivity contribution in [2.24, 2.45) is 0 Å². The van der Waals surface area contributed by atoms with Crippen LogP contribution in [0, 0.1) is 0 Å². The van der Waals surface area contributed by atoms with E-state index in [1.807, 2.05) is 0 Å². The van der Waals surface area contributed by atoms with Crippen molar-refractivity contribution in [3.05, 3.63) is 33.7 Å². The normalized spacial score (nSPS) is 12.7. The van der Waals surface area contributed by atoms with Crippen LogP contribution in [-0.4, -0.2) is 24.8 Å². The van der Waals surface area contributed by atoms with Crippen molar-refractivity contribution in [1.29, 1.82) is 0 Å². The molecule has 0 radical (unpaired) electrons. The molecule has 0 spiro atoms. The summed E-state index contributed by atoms with van der Waals surface area (Å²) in [6, 6.07) is 0.889. The third-order valence-electron chi connectivity index (χ3n) is 1.96. The van der Waals surface area contributed by atoms with E-state index in [1.165, 1.54) is 0 Å². The number of hydrogen-bond acceptors (Lipinski definition) is 3. The van der Waals surface area contributed by atoms with Crippen molar-refractivity contribution in [3.63, 3.8) is 0 Å². The minimum Gasteiger partial charge on any atom is -0.383 e. The molecule has 6 heteroatoms. The first-order chi connectivity index (χ1) is 7.71. The second-order valence-electron chi connectivity index (χ2n) is 3.80. The fraction of sp³-hybridized carbons (Fsp3) is 0.364. The quantitative estimate of drug-likeness (QED) is 0.615. The standard InChI is InChI=1S/C11H12F3NOS/c1-7(5-15(2)3)10(16)9-4-8(6-17-9)11(12,13)14/h4-6H,1-3H3. The van der Waals surface area contributed by atoms with Gasteiger partial charge in [-0.05, 0) is 13.0 Å². The Kier molecular flexibility index (Phi) is 3.98. The number of allylic oxidation sites excluding steroid dienone is 1. The molecule has 0 N–H and O–H groups in total. The van der Waals surface area contributed by atoms with E-state index in [2.05, 4.69) is 0 Å². The van der Waals surface area contributed by atoms with Gasteiger partial charge in [-0.3, -0.25) is 4.79 Å².